The van der Waals surface area contributed by atoms with Gasteiger partial charge in [-0.15, -0.1) is 0 Å². The molecule has 31 heavy (non-hydrogen) atoms. The largest absolute Gasteiger partial charge is 0.378 e. The fourth-order valence-electron chi connectivity index (χ4n) is 3.72. The molecule has 2 aliphatic heterocycles. The van der Waals surface area contributed by atoms with Gasteiger partial charge in [-0.25, -0.2) is 0 Å². The van der Waals surface area contributed by atoms with E-state index >= 15 is 0 Å². The zero-order chi connectivity index (χ0) is 21.8. The summed E-state index contributed by atoms with van der Waals surface area (Å²) < 4.78 is 35.3. The lowest BCUT2D eigenvalue weighted by atomic mass is 10.2. The Balaban J connectivity index is 1.54. The minimum absolute atomic E-state index is 0.0696. The number of Topliss-reactive ketones (excluding diaryl/α,β-unsaturated/α-hetero) is 1. The molecule has 1 aromatic carbocycles. The van der Waals surface area contributed by atoms with Crippen LogP contribution in [-0.4, -0.2) is 80.4 Å². The second-order valence-corrected chi connectivity index (χ2v) is 9.49. The fraction of sp³-hybridized carbons (Fsp3) is 0.429. The summed E-state index contributed by atoms with van der Waals surface area (Å²) in [5, 5.41) is 0. The maximum absolute atomic E-state index is 13.6. The summed E-state index contributed by atoms with van der Waals surface area (Å²) in [6.07, 6.45) is 1.44. The third-order valence-corrected chi connectivity index (χ3v) is 7.61. The summed E-state index contributed by atoms with van der Waals surface area (Å²) in [4.78, 5) is 18.3. The lowest BCUT2D eigenvalue weighted by Gasteiger charge is -2.43. The van der Waals surface area contributed by atoms with Gasteiger partial charge in [0.05, 0.1) is 43.7 Å². The van der Waals surface area contributed by atoms with E-state index in [1.807, 2.05) is 18.2 Å². The molecule has 4 rings (SSSR count). The summed E-state index contributed by atoms with van der Waals surface area (Å²) in [6, 6.07) is 12.7. The topological polar surface area (TPSA) is 109 Å². The third kappa shape index (κ3) is 4.78. The van der Waals surface area contributed by atoms with Crippen LogP contribution in [0.3, 0.4) is 0 Å². The molecule has 0 saturated carbocycles. The van der Waals surface area contributed by atoms with E-state index < -0.39 is 10.2 Å². The number of hydrogen-bond acceptors (Lipinski definition) is 7. The molecule has 0 aliphatic carbocycles. The summed E-state index contributed by atoms with van der Waals surface area (Å²) in [5.41, 5.74) is 6.93. The van der Waals surface area contributed by atoms with Crippen LogP contribution in [0, 0.1) is 0 Å². The lowest BCUT2D eigenvalue weighted by molar-refractivity contribution is -0.0721. The second-order valence-electron chi connectivity index (χ2n) is 7.64. The smallest absolute Gasteiger partial charge is 0.304 e. The van der Waals surface area contributed by atoms with Gasteiger partial charge in [0.25, 0.3) is 0 Å². The highest BCUT2D eigenvalue weighted by atomic mass is 32.2. The summed E-state index contributed by atoms with van der Waals surface area (Å²) in [5.74, 6) is -0.207. The van der Waals surface area contributed by atoms with Gasteiger partial charge in [-0.2, -0.15) is 12.7 Å². The number of pyridine rings is 1. The number of nitrogens with two attached hydrogens (primary N) is 1. The van der Waals surface area contributed by atoms with Crippen LogP contribution in [0.4, 0.5) is 5.69 Å². The molecule has 3 heterocycles. The number of ketones is 1. The highest BCUT2D eigenvalue weighted by molar-refractivity contribution is 7.90. The van der Waals surface area contributed by atoms with Crippen molar-refractivity contribution in [3.63, 3.8) is 0 Å². The Hall–Kier alpha value is -2.37. The summed E-state index contributed by atoms with van der Waals surface area (Å²) in [6.45, 7) is 3.65. The van der Waals surface area contributed by atoms with Crippen molar-refractivity contribution >= 4 is 21.7 Å². The van der Waals surface area contributed by atoms with Crippen LogP contribution >= 0.6 is 0 Å². The van der Waals surface area contributed by atoms with E-state index in [4.69, 9.17) is 10.5 Å². The molecule has 0 unspecified atom stereocenters. The molecule has 0 bridgehead atoms. The number of carbonyl (C=O) groups is 1. The van der Waals surface area contributed by atoms with Gasteiger partial charge in [0.1, 0.15) is 0 Å². The first-order chi connectivity index (χ1) is 15.0. The second kappa shape index (κ2) is 9.41. The van der Waals surface area contributed by atoms with Crippen molar-refractivity contribution in [2.45, 2.75) is 12.6 Å². The van der Waals surface area contributed by atoms with E-state index in [-0.39, 0.29) is 18.9 Å². The van der Waals surface area contributed by atoms with Gasteiger partial charge in [-0.1, -0.05) is 18.2 Å². The summed E-state index contributed by atoms with van der Waals surface area (Å²) >= 11 is 0. The average Bonchev–Trinajstić information content (AvgIpc) is 2.77. The number of para-hydroxylation sites is 1. The van der Waals surface area contributed by atoms with Crippen molar-refractivity contribution < 1.29 is 17.9 Å². The Morgan fingerprint density at radius 1 is 1.10 bits per heavy atom. The standard InChI is InChI=1S/C21H27N5O4S/c22-12-21(27)17-6-7-18(23-13-17)14-26(19-4-2-1-3-5-19)31(28,29)25-10-8-24(9-11-25)20-15-30-16-20/h1-7,13,20H,8-12,14-16,22H2. The molecule has 9 nitrogen and oxygen atoms in total. The molecule has 166 valence electrons. The molecule has 2 saturated heterocycles. The van der Waals surface area contributed by atoms with Gasteiger partial charge in [0.2, 0.25) is 0 Å². The molecule has 2 N–H and O–H groups in total. The molecule has 2 fully saturated rings. The molecular formula is C21H27N5O4S. The van der Waals surface area contributed by atoms with Gasteiger partial charge in [0.15, 0.2) is 5.78 Å². The van der Waals surface area contributed by atoms with E-state index in [1.54, 1.807) is 24.3 Å². The lowest BCUT2D eigenvalue weighted by Crippen LogP contribution is -2.59. The van der Waals surface area contributed by atoms with E-state index in [2.05, 4.69) is 9.88 Å². The van der Waals surface area contributed by atoms with E-state index in [1.165, 1.54) is 14.8 Å². The van der Waals surface area contributed by atoms with Gasteiger partial charge in [-0.05, 0) is 24.3 Å². The number of nitrogens with zero attached hydrogens (tertiary/aromatic N) is 4. The van der Waals surface area contributed by atoms with Crippen molar-refractivity contribution in [3.8, 4) is 0 Å². The van der Waals surface area contributed by atoms with E-state index in [0.29, 0.717) is 49.2 Å². The minimum Gasteiger partial charge on any atom is -0.378 e. The Labute approximate surface area is 182 Å². The molecule has 2 aromatic rings. The Morgan fingerprint density at radius 3 is 2.35 bits per heavy atom. The monoisotopic (exact) mass is 445 g/mol. The van der Waals surface area contributed by atoms with E-state index in [9.17, 15) is 13.2 Å². The fourth-order valence-corrected chi connectivity index (χ4v) is 5.31. The number of ether oxygens (including phenoxy) is 1. The molecule has 0 amide bonds. The number of rotatable bonds is 8. The zero-order valence-electron chi connectivity index (χ0n) is 17.3. The Morgan fingerprint density at radius 2 is 1.81 bits per heavy atom. The van der Waals surface area contributed by atoms with Crippen molar-refractivity contribution in [1.82, 2.24) is 14.2 Å². The highest BCUT2D eigenvalue weighted by Gasteiger charge is 2.36. The normalized spacial score (nSPS) is 18.5. The van der Waals surface area contributed by atoms with Gasteiger partial charge in [0, 0.05) is 37.9 Å². The molecule has 0 atom stereocenters. The molecule has 1 aromatic heterocycles. The molecule has 10 heteroatoms. The molecular weight excluding hydrogens is 418 g/mol. The SMILES string of the molecule is NCC(=O)c1ccc(CN(c2ccccc2)S(=O)(=O)N2CCN(C3COC3)CC2)nc1. The molecule has 0 radical (unpaired) electrons. The van der Waals surface area contributed by atoms with E-state index in [0.717, 1.165) is 13.2 Å². The summed E-state index contributed by atoms with van der Waals surface area (Å²) in [7, 11) is -3.76. The first kappa shape index (κ1) is 21.8. The van der Waals surface area contributed by atoms with Gasteiger partial charge < -0.3 is 10.5 Å². The predicted octanol–water partition coefficient (Wildman–Crippen LogP) is 0.491. The molecule has 0 spiro atoms. The number of hydrogen-bond donors (Lipinski definition) is 1. The van der Waals surface area contributed by atoms with Crippen molar-refractivity contribution in [1.29, 1.82) is 0 Å². The minimum atomic E-state index is -3.76. The average molecular weight is 446 g/mol. The maximum atomic E-state index is 13.6. The van der Waals surface area contributed by atoms with Crippen LogP contribution in [0.1, 0.15) is 16.1 Å². The zero-order valence-corrected chi connectivity index (χ0v) is 18.1. The first-order valence-corrected chi connectivity index (χ1v) is 11.7. The van der Waals surface area contributed by atoms with Crippen LogP contribution in [0.25, 0.3) is 0 Å². The van der Waals surface area contributed by atoms with Crippen LogP contribution in [0.5, 0.6) is 0 Å². The highest BCUT2D eigenvalue weighted by Crippen LogP contribution is 2.24. The number of piperazine rings is 1. The van der Waals surface area contributed by atoms with Crippen LogP contribution in [-0.2, 0) is 21.5 Å². The van der Waals surface area contributed by atoms with Crippen LogP contribution in [0.2, 0.25) is 0 Å². The number of anilines is 1. The van der Waals surface area contributed by atoms with Gasteiger partial charge >= 0.3 is 10.2 Å². The number of aromatic nitrogens is 1. The van der Waals surface area contributed by atoms with Crippen molar-refractivity contribution in [3.05, 3.63) is 59.9 Å². The number of benzene rings is 1. The van der Waals surface area contributed by atoms with Gasteiger partial charge in [-0.3, -0.25) is 19.0 Å². The third-order valence-electron chi connectivity index (χ3n) is 5.70. The predicted molar refractivity (Wildman–Crippen MR) is 117 cm³/mol. The van der Waals surface area contributed by atoms with Crippen LogP contribution < -0.4 is 10.0 Å². The Kier molecular flexibility index (Phi) is 6.63. The van der Waals surface area contributed by atoms with Crippen molar-refractivity contribution in [2.75, 3.05) is 50.2 Å². The van der Waals surface area contributed by atoms with Crippen molar-refractivity contribution in [2.24, 2.45) is 5.73 Å². The Bertz CT molecular complexity index is 988. The van der Waals surface area contributed by atoms with Crippen LogP contribution in [0.15, 0.2) is 48.7 Å². The number of carbonyl (C=O) groups excluding carboxylic acids is 1. The quantitative estimate of drug-likeness (QED) is 0.589. The first-order valence-electron chi connectivity index (χ1n) is 10.3. The maximum Gasteiger partial charge on any atom is 0.304 e. The molecule has 2 aliphatic rings.